The Morgan fingerprint density at radius 1 is 1.12 bits per heavy atom. The Labute approximate surface area is 195 Å². The highest BCUT2D eigenvalue weighted by atomic mass is 32.1. The number of benzene rings is 2. The highest BCUT2D eigenvalue weighted by molar-refractivity contribution is 7.23. The van der Waals surface area contributed by atoms with Gasteiger partial charge in [0.2, 0.25) is 5.91 Å². The number of aryl methyl sites for hydroxylation is 1. The summed E-state index contributed by atoms with van der Waals surface area (Å²) < 4.78 is 3.03. The molecule has 0 fully saturated rings. The zero-order chi connectivity index (χ0) is 22.9. The maximum absolute atomic E-state index is 12.5. The van der Waals surface area contributed by atoms with Crippen LogP contribution >= 0.6 is 11.3 Å². The minimum Gasteiger partial charge on any atom is -0.382 e. The van der Waals surface area contributed by atoms with Crippen LogP contribution in [0.5, 0.6) is 0 Å². The first-order chi connectivity index (χ1) is 16.0. The lowest BCUT2D eigenvalue weighted by Crippen LogP contribution is -2.41. The van der Waals surface area contributed by atoms with E-state index < -0.39 is 6.04 Å². The summed E-state index contributed by atoms with van der Waals surface area (Å²) in [5, 5.41) is 2.96. The number of hydrogen-bond donors (Lipinski definition) is 3. The van der Waals surface area contributed by atoms with E-state index >= 15 is 0 Å². The number of thiophene rings is 1. The van der Waals surface area contributed by atoms with Crippen molar-refractivity contribution in [2.75, 3.05) is 5.73 Å². The Morgan fingerprint density at radius 2 is 1.91 bits per heavy atom. The molecule has 0 aliphatic rings. The zero-order valence-electron chi connectivity index (χ0n) is 18.2. The number of nitrogen functional groups attached to an aromatic ring is 1. The summed E-state index contributed by atoms with van der Waals surface area (Å²) in [5.74, 6) is 0.273. The smallest absolute Gasteiger partial charge is 0.237 e. The van der Waals surface area contributed by atoms with Gasteiger partial charge in [0, 0.05) is 18.5 Å². The molecule has 0 unspecified atom stereocenters. The lowest BCUT2D eigenvalue weighted by Gasteiger charge is -2.13. The SMILES string of the molecule is Cn1cnc2c(N)nc3cc(-c4cccc(CNC(=O)[C@H](N)Cc5ccccc5)c4)sc3c21. The second kappa shape index (κ2) is 8.65. The van der Waals surface area contributed by atoms with E-state index in [9.17, 15) is 4.79 Å². The van der Waals surface area contributed by atoms with Crippen LogP contribution in [0.15, 0.2) is 67.0 Å². The lowest BCUT2D eigenvalue weighted by atomic mass is 10.1. The van der Waals surface area contributed by atoms with Gasteiger partial charge < -0.3 is 21.4 Å². The van der Waals surface area contributed by atoms with Crippen molar-refractivity contribution in [3.63, 3.8) is 0 Å². The number of nitrogens with two attached hydrogens (primary N) is 2. The summed E-state index contributed by atoms with van der Waals surface area (Å²) >= 11 is 1.66. The van der Waals surface area contributed by atoms with Crippen molar-refractivity contribution in [2.45, 2.75) is 19.0 Å². The molecule has 7 nitrogen and oxygen atoms in total. The standard InChI is InChI=1S/C25H24N6OS/c1-31-14-29-21-22(31)23-19(30-24(21)27)12-20(33-23)17-9-5-8-16(10-17)13-28-25(32)18(26)11-15-6-3-2-4-7-15/h2-10,12,14,18H,11,13,26H2,1H3,(H2,27,30)(H,28,32)/t18-/m1/s1. The molecule has 5 rings (SSSR count). The average molecular weight is 457 g/mol. The van der Waals surface area contributed by atoms with Crippen LogP contribution in [0.1, 0.15) is 11.1 Å². The van der Waals surface area contributed by atoms with Crippen molar-refractivity contribution in [1.29, 1.82) is 0 Å². The highest BCUT2D eigenvalue weighted by Crippen LogP contribution is 2.38. The van der Waals surface area contributed by atoms with Gasteiger partial charge in [0.15, 0.2) is 5.82 Å². The van der Waals surface area contributed by atoms with E-state index in [-0.39, 0.29) is 5.91 Å². The molecule has 0 bridgehead atoms. The van der Waals surface area contributed by atoms with Crippen LogP contribution < -0.4 is 16.8 Å². The van der Waals surface area contributed by atoms with Crippen LogP contribution in [0.25, 0.3) is 31.7 Å². The molecule has 5 aromatic rings. The molecular formula is C25H24N6OS. The number of carbonyl (C=O) groups is 1. The number of nitrogens with zero attached hydrogens (tertiary/aromatic N) is 3. The summed E-state index contributed by atoms with van der Waals surface area (Å²) in [6.07, 6.45) is 2.26. The van der Waals surface area contributed by atoms with Crippen molar-refractivity contribution in [1.82, 2.24) is 19.9 Å². The molecule has 8 heteroatoms. The summed E-state index contributed by atoms with van der Waals surface area (Å²) in [6.45, 7) is 0.414. The van der Waals surface area contributed by atoms with Gasteiger partial charge in [0.25, 0.3) is 0 Å². The number of carbonyl (C=O) groups excluding carboxylic acids is 1. The molecular weight excluding hydrogens is 432 g/mol. The molecule has 0 spiro atoms. The molecule has 166 valence electrons. The van der Waals surface area contributed by atoms with Gasteiger partial charge in [0.05, 0.1) is 28.1 Å². The molecule has 0 aliphatic carbocycles. The monoisotopic (exact) mass is 456 g/mol. The van der Waals surface area contributed by atoms with Gasteiger partial charge in [-0.1, -0.05) is 48.5 Å². The minimum absolute atomic E-state index is 0.163. The second-order valence-electron chi connectivity index (χ2n) is 8.09. The van der Waals surface area contributed by atoms with E-state index in [1.807, 2.05) is 54.1 Å². The number of anilines is 1. The van der Waals surface area contributed by atoms with E-state index in [2.05, 4.69) is 33.5 Å². The first kappa shape index (κ1) is 21.1. The number of amides is 1. The van der Waals surface area contributed by atoms with Crippen molar-refractivity contribution in [3.8, 4) is 10.4 Å². The zero-order valence-corrected chi connectivity index (χ0v) is 19.0. The lowest BCUT2D eigenvalue weighted by molar-refractivity contribution is -0.122. The number of nitrogens with one attached hydrogen (secondary N) is 1. The number of rotatable bonds is 6. The normalized spacial score (nSPS) is 12.3. The highest BCUT2D eigenvalue weighted by Gasteiger charge is 2.16. The van der Waals surface area contributed by atoms with Gasteiger partial charge in [-0.05, 0) is 35.2 Å². The van der Waals surface area contributed by atoms with Crippen LogP contribution in [-0.4, -0.2) is 26.5 Å². The third kappa shape index (κ3) is 4.18. The topological polar surface area (TPSA) is 112 Å². The number of fused-ring (bicyclic) bond motifs is 3. The minimum atomic E-state index is -0.587. The largest absolute Gasteiger partial charge is 0.382 e. The molecule has 2 aromatic carbocycles. The fourth-order valence-electron chi connectivity index (χ4n) is 3.96. The second-order valence-corrected chi connectivity index (χ2v) is 9.14. The van der Waals surface area contributed by atoms with Gasteiger partial charge in [-0.2, -0.15) is 0 Å². The fraction of sp³-hybridized carbons (Fsp3) is 0.160. The summed E-state index contributed by atoms with van der Waals surface area (Å²) in [4.78, 5) is 22.5. The fourth-order valence-corrected chi connectivity index (χ4v) is 5.14. The molecule has 3 aromatic heterocycles. The maximum Gasteiger partial charge on any atom is 0.237 e. The predicted molar refractivity (Wildman–Crippen MR) is 134 cm³/mol. The molecule has 1 amide bonds. The average Bonchev–Trinajstić information content (AvgIpc) is 3.42. The number of hydrogen-bond acceptors (Lipinski definition) is 6. The quantitative estimate of drug-likeness (QED) is 0.361. The Kier molecular flexibility index (Phi) is 5.53. The third-order valence-corrected chi connectivity index (χ3v) is 6.84. The Bertz CT molecular complexity index is 1460. The van der Waals surface area contributed by atoms with Crippen LogP contribution in [0.3, 0.4) is 0 Å². The van der Waals surface area contributed by atoms with Crippen LogP contribution in [0, 0.1) is 0 Å². The predicted octanol–water partition coefficient (Wildman–Crippen LogP) is 3.62. The van der Waals surface area contributed by atoms with Crippen LogP contribution in [-0.2, 0) is 24.8 Å². The van der Waals surface area contributed by atoms with Gasteiger partial charge in [0.1, 0.15) is 5.52 Å². The Hall–Kier alpha value is -3.75. The molecule has 3 heterocycles. The maximum atomic E-state index is 12.5. The molecule has 0 saturated carbocycles. The van der Waals surface area contributed by atoms with Crippen molar-refractivity contribution in [2.24, 2.45) is 12.8 Å². The summed E-state index contributed by atoms with van der Waals surface area (Å²) in [5.41, 5.74) is 17.9. The third-order valence-electron chi connectivity index (χ3n) is 5.66. The van der Waals surface area contributed by atoms with Crippen LogP contribution in [0.4, 0.5) is 5.82 Å². The molecule has 0 aliphatic heterocycles. The molecule has 5 N–H and O–H groups in total. The van der Waals surface area contributed by atoms with E-state index in [0.29, 0.717) is 18.8 Å². The number of imidazole rings is 1. The van der Waals surface area contributed by atoms with E-state index in [0.717, 1.165) is 42.8 Å². The van der Waals surface area contributed by atoms with E-state index in [1.165, 1.54) is 0 Å². The Balaban J connectivity index is 1.34. The first-order valence-corrected chi connectivity index (χ1v) is 11.5. The van der Waals surface area contributed by atoms with Crippen molar-refractivity contribution >= 4 is 44.3 Å². The van der Waals surface area contributed by atoms with Gasteiger partial charge in [-0.25, -0.2) is 9.97 Å². The van der Waals surface area contributed by atoms with Crippen molar-refractivity contribution < 1.29 is 4.79 Å². The van der Waals surface area contributed by atoms with Gasteiger partial charge in [-0.15, -0.1) is 11.3 Å². The van der Waals surface area contributed by atoms with E-state index in [4.69, 9.17) is 11.5 Å². The molecule has 0 saturated heterocycles. The summed E-state index contributed by atoms with van der Waals surface area (Å²) in [7, 11) is 1.96. The molecule has 33 heavy (non-hydrogen) atoms. The van der Waals surface area contributed by atoms with Crippen molar-refractivity contribution in [3.05, 3.63) is 78.1 Å². The Morgan fingerprint density at radius 3 is 2.73 bits per heavy atom. The summed E-state index contributed by atoms with van der Waals surface area (Å²) in [6, 6.07) is 19.4. The molecule has 0 radical (unpaired) electrons. The van der Waals surface area contributed by atoms with Gasteiger partial charge in [-0.3, -0.25) is 4.79 Å². The molecule has 1 atom stereocenters. The number of pyridine rings is 1. The number of aromatic nitrogens is 3. The van der Waals surface area contributed by atoms with Gasteiger partial charge >= 0.3 is 0 Å². The van der Waals surface area contributed by atoms with E-state index in [1.54, 1.807) is 17.7 Å². The van der Waals surface area contributed by atoms with Crippen LogP contribution in [0.2, 0.25) is 0 Å². The first-order valence-electron chi connectivity index (χ1n) is 10.7.